The fourth-order valence-electron chi connectivity index (χ4n) is 1.63. The third-order valence-electron chi connectivity index (χ3n) is 2.57. The lowest BCUT2D eigenvalue weighted by atomic mass is 10.2. The maximum absolute atomic E-state index is 11.4. The number of hydrogen-bond acceptors (Lipinski definition) is 5. The van der Waals surface area contributed by atoms with Gasteiger partial charge in [0.25, 0.3) is 5.69 Å². The molecule has 0 saturated carbocycles. The Morgan fingerprint density at radius 2 is 2.18 bits per heavy atom. The highest BCUT2D eigenvalue weighted by molar-refractivity contribution is 5.67. The third kappa shape index (κ3) is 6.34. The van der Waals surface area contributed by atoms with Crippen LogP contribution in [0.15, 0.2) is 18.3 Å². The highest BCUT2D eigenvalue weighted by atomic mass is 16.6. The smallest absolute Gasteiger partial charge is 0.407 e. The molecule has 120 valence electrons. The van der Waals surface area contributed by atoms with Crippen LogP contribution in [0.5, 0.6) is 0 Å². The first-order chi connectivity index (χ1) is 10.2. The molecule has 7 heteroatoms. The number of nitro groups is 1. The zero-order chi connectivity index (χ0) is 16.8. The minimum Gasteiger partial charge on any atom is -0.444 e. The van der Waals surface area contributed by atoms with Crippen molar-refractivity contribution in [1.29, 1.82) is 0 Å². The van der Waals surface area contributed by atoms with E-state index in [1.54, 1.807) is 39.8 Å². The van der Waals surface area contributed by atoms with Gasteiger partial charge in [-0.3, -0.25) is 10.1 Å². The molecule has 0 aliphatic rings. The SMILES string of the molecule is Cc1cc(C=CCCNC(=O)OC(C)(C)C)ncc1[N+](=O)[O-]. The van der Waals surface area contributed by atoms with E-state index in [0.717, 1.165) is 0 Å². The van der Waals surface area contributed by atoms with Gasteiger partial charge in [-0.15, -0.1) is 0 Å². The number of aromatic nitrogens is 1. The predicted octanol–water partition coefficient (Wildman–Crippen LogP) is 3.23. The van der Waals surface area contributed by atoms with Crippen molar-refractivity contribution in [2.45, 2.75) is 39.7 Å². The van der Waals surface area contributed by atoms with Crippen molar-refractivity contribution >= 4 is 17.9 Å². The van der Waals surface area contributed by atoms with Crippen LogP contribution in [0.25, 0.3) is 6.08 Å². The van der Waals surface area contributed by atoms with Crippen molar-refractivity contribution in [3.05, 3.63) is 39.7 Å². The average molecular weight is 307 g/mol. The predicted molar refractivity (Wildman–Crippen MR) is 83.5 cm³/mol. The maximum atomic E-state index is 11.4. The van der Waals surface area contributed by atoms with E-state index in [-0.39, 0.29) is 5.69 Å². The topological polar surface area (TPSA) is 94.4 Å². The van der Waals surface area contributed by atoms with Crippen LogP contribution >= 0.6 is 0 Å². The van der Waals surface area contributed by atoms with Gasteiger partial charge in [0.15, 0.2) is 0 Å². The summed E-state index contributed by atoms with van der Waals surface area (Å²) in [7, 11) is 0. The van der Waals surface area contributed by atoms with Crippen LogP contribution < -0.4 is 5.32 Å². The molecule has 0 atom stereocenters. The number of nitrogens with zero attached hydrogens (tertiary/aromatic N) is 2. The summed E-state index contributed by atoms with van der Waals surface area (Å²) < 4.78 is 5.10. The summed E-state index contributed by atoms with van der Waals surface area (Å²) in [5.74, 6) is 0. The summed E-state index contributed by atoms with van der Waals surface area (Å²) >= 11 is 0. The fourth-order valence-corrected chi connectivity index (χ4v) is 1.63. The zero-order valence-electron chi connectivity index (χ0n) is 13.3. The molecule has 0 radical (unpaired) electrons. The first-order valence-corrected chi connectivity index (χ1v) is 6.93. The molecule has 1 N–H and O–H groups in total. The molecule has 0 bridgehead atoms. The number of amides is 1. The van der Waals surface area contributed by atoms with E-state index in [1.165, 1.54) is 6.20 Å². The molecule has 0 saturated heterocycles. The van der Waals surface area contributed by atoms with Crippen molar-refractivity contribution < 1.29 is 14.5 Å². The van der Waals surface area contributed by atoms with Gasteiger partial charge in [0.2, 0.25) is 0 Å². The van der Waals surface area contributed by atoms with Crippen molar-refractivity contribution in [2.75, 3.05) is 6.54 Å². The molecule has 1 rings (SSSR count). The lowest BCUT2D eigenvalue weighted by molar-refractivity contribution is -0.385. The van der Waals surface area contributed by atoms with E-state index >= 15 is 0 Å². The Morgan fingerprint density at radius 1 is 1.50 bits per heavy atom. The minimum atomic E-state index is -0.514. The number of carbonyl (C=O) groups excluding carboxylic acids is 1. The lowest BCUT2D eigenvalue weighted by Crippen LogP contribution is -2.32. The number of alkyl carbamates (subject to hydrolysis) is 1. The van der Waals surface area contributed by atoms with Crippen LogP contribution in [0.2, 0.25) is 0 Å². The second kappa shape index (κ2) is 7.53. The summed E-state index contributed by atoms with van der Waals surface area (Å²) in [6.07, 6.45) is 4.99. The van der Waals surface area contributed by atoms with E-state index in [4.69, 9.17) is 4.74 Å². The summed E-state index contributed by atoms with van der Waals surface area (Å²) in [6.45, 7) is 7.51. The Balaban J connectivity index is 2.42. The van der Waals surface area contributed by atoms with Gasteiger partial charge < -0.3 is 10.1 Å². The monoisotopic (exact) mass is 307 g/mol. The highest BCUT2D eigenvalue weighted by Crippen LogP contribution is 2.17. The number of pyridine rings is 1. The lowest BCUT2D eigenvalue weighted by Gasteiger charge is -2.19. The quantitative estimate of drug-likeness (QED) is 0.512. The third-order valence-corrected chi connectivity index (χ3v) is 2.57. The van der Waals surface area contributed by atoms with E-state index in [0.29, 0.717) is 24.2 Å². The van der Waals surface area contributed by atoms with Crippen LogP contribution in [0, 0.1) is 17.0 Å². The first kappa shape index (κ1) is 17.6. The van der Waals surface area contributed by atoms with E-state index < -0.39 is 16.6 Å². The maximum Gasteiger partial charge on any atom is 0.407 e. The number of carbonyl (C=O) groups is 1. The minimum absolute atomic E-state index is 0.00347. The Labute approximate surface area is 129 Å². The Kier molecular flexibility index (Phi) is 6.03. The van der Waals surface area contributed by atoms with E-state index in [1.807, 2.05) is 6.08 Å². The zero-order valence-corrected chi connectivity index (χ0v) is 13.3. The number of ether oxygens (including phenoxy) is 1. The molecule has 0 fully saturated rings. The number of hydrogen-bond donors (Lipinski definition) is 1. The van der Waals surface area contributed by atoms with E-state index in [2.05, 4.69) is 10.3 Å². The molecular weight excluding hydrogens is 286 g/mol. The fraction of sp³-hybridized carbons (Fsp3) is 0.467. The largest absolute Gasteiger partial charge is 0.444 e. The second-order valence-corrected chi connectivity index (χ2v) is 5.77. The van der Waals surface area contributed by atoms with Crippen LogP contribution in [0.1, 0.15) is 38.4 Å². The molecular formula is C15H21N3O4. The van der Waals surface area contributed by atoms with Gasteiger partial charge in [0, 0.05) is 12.1 Å². The standard InChI is InChI=1S/C15H21N3O4/c1-11-9-12(17-10-13(11)18(20)21)7-5-6-8-16-14(19)22-15(2,3)4/h5,7,9-10H,6,8H2,1-4H3,(H,16,19). The van der Waals surface area contributed by atoms with Gasteiger partial charge in [-0.1, -0.05) is 6.08 Å². The summed E-state index contributed by atoms with van der Waals surface area (Å²) in [5.41, 5.74) is 0.691. The molecule has 0 aliphatic heterocycles. The van der Waals surface area contributed by atoms with Gasteiger partial charge in [-0.2, -0.15) is 0 Å². The Hall–Kier alpha value is -2.44. The second-order valence-electron chi connectivity index (χ2n) is 5.77. The molecule has 0 spiro atoms. The number of aryl methyl sites for hydroxylation is 1. The molecule has 0 aromatic carbocycles. The van der Waals surface area contributed by atoms with Crippen molar-refractivity contribution in [1.82, 2.24) is 10.3 Å². The number of rotatable bonds is 5. The van der Waals surface area contributed by atoms with E-state index in [9.17, 15) is 14.9 Å². The average Bonchev–Trinajstić information content (AvgIpc) is 2.35. The van der Waals surface area contributed by atoms with Crippen molar-refractivity contribution in [3.8, 4) is 0 Å². The molecule has 1 heterocycles. The van der Waals surface area contributed by atoms with Gasteiger partial charge in [0.1, 0.15) is 11.8 Å². The molecule has 0 unspecified atom stereocenters. The molecule has 1 aromatic heterocycles. The van der Waals surface area contributed by atoms with Crippen molar-refractivity contribution in [3.63, 3.8) is 0 Å². The van der Waals surface area contributed by atoms with Crippen LogP contribution in [-0.4, -0.2) is 28.1 Å². The van der Waals surface area contributed by atoms with Gasteiger partial charge in [-0.05, 0) is 46.3 Å². The normalized spacial score (nSPS) is 11.5. The number of nitrogens with one attached hydrogen (secondary N) is 1. The van der Waals surface area contributed by atoms with Crippen molar-refractivity contribution in [2.24, 2.45) is 0 Å². The first-order valence-electron chi connectivity index (χ1n) is 6.93. The summed E-state index contributed by atoms with van der Waals surface area (Å²) in [6, 6.07) is 1.65. The molecule has 22 heavy (non-hydrogen) atoms. The Bertz CT molecular complexity index is 577. The van der Waals surface area contributed by atoms with Gasteiger partial charge >= 0.3 is 6.09 Å². The van der Waals surface area contributed by atoms with Gasteiger partial charge in [-0.25, -0.2) is 9.78 Å². The summed E-state index contributed by atoms with van der Waals surface area (Å²) in [4.78, 5) is 25.6. The molecule has 0 aliphatic carbocycles. The highest BCUT2D eigenvalue weighted by Gasteiger charge is 2.15. The van der Waals surface area contributed by atoms with Crippen LogP contribution in [0.4, 0.5) is 10.5 Å². The van der Waals surface area contributed by atoms with Crippen LogP contribution in [0.3, 0.4) is 0 Å². The van der Waals surface area contributed by atoms with Gasteiger partial charge in [0.05, 0.1) is 10.6 Å². The molecule has 7 nitrogen and oxygen atoms in total. The molecule has 1 aromatic rings. The molecule has 1 amide bonds. The summed E-state index contributed by atoms with van der Waals surface area (Å²) in [5, 5.41) is 13.3. The Morgan fingerprint density at radius 3 is 2.73 bits per heavy atom. The van der Waals surface area contributed by atoms with Crippen LogP contribution in [-0.2, 0) is 4.74 Å².